The molecule has 3 aromatic carbocycles. The Morgan fingerprint density at radius 2 is 1.34 bits per heavy atom. The first-order chi connectivity index (χ1) is 14.1. The van der Waals surface area contributed by atoms with Crippen LogP contribution in [0.25, 0.3) is 11.1 Å². The van der Waals surface area contributed by atoms with E-state index in [1.54, 1.807) is 0 Å². The van der Waals surface area contributed by atoms with E-state index in [2.05, 4.69) is 10.6 Å². The van der Waals surface area contributed by atoms with Crippen LogP contribution < -0.4 is 10.6 Å². The van der Waals surface area contributed by atoms with Crippen LogP contribution in [-0.2, 0) is 11.2 Å². The minimum absolute atomic E-state index is 0.0404. The standard InChI is InChI=1S/C24H23ClN2O2/c25-22-13-6-18(7-14-22)8-15-23(28)26-16-17-27-24(29)21-11-9-20(10-12-21)19-4-2-1-3-5-19/h1-7,9-14H,8,15-17H2,(H,26,28)(H,27,29). The van der Waals surface area contributed by atoms with Crippen LogP contribution in [-0.4, -0.2) is 24.9 Å². The molecule has 0 radical (unpaired) electrons. The lowest BCUT2D eigenvalue weighted by molar-refractivity contribution is -0.121. The molecule has 2 amide bonds. The molecule has 0 atom stereocenters. The van der Waals surface area contributed by atoms with Crippen molar-refractivity contribution in [2.45, 2.75) is 12.8 Å². The third-order valence-corrected chi connectivity index (χ3v) is 4.79. The normalized spacial score (nSPS) is 10.4. The smallest absolute Gasteiger partial charge is 0.251 e. The van der Waals surface area contributed by atoms with E-state index in [9.17, 15) is 9.59 Å². The van der Waals surface area contributed by atoms with Crippen molar-refractivity contribution in [3.63, 3.8) is 0 Å². The van der Waals surface area contributed by atoms with Crippen molar-refractivity contribution in [3.05, 3.63) is 95.0 Å². The molecule has 0 aliphatic heterocycles. The molecular formula is C24H23ClN2O2. The van der Waals surface area contributed by atoms with Crippen molar-refractivity contribution in [3.8, 4) is 11.1 Å². The molecule has 0 unspecified atom stereocenters. The maximum Gasteiger partial charge on any atom is 0.251 e. The van der Waals surface area contributed by atoms with Crippen LogP contribution in [0.15, 0.2) is 78.9 Å². The van der Waals surface area contributed by atoms with Gasteiger partial charge in [0.15, 0.2) is 0 Å². The first kappa shape index (κ1) is 20.6. The van der Waals surface area contributed by atoms with Crippen molar-refractivity contribution in [2.75, 3.05) is 13.1 Å². The molecule has 0 aromatic heterocycles. The second-order valence-electron chi connectivity index (χ2n) is 6.68. The Kier molecular flexibility index (Phi) is 7.42. The summed E-state index contributed by atoms with van der Waals surface area (Å²) in [7, 11) is 0. The SMILES string of the molecule is O=C(CCc1ccc(Cl)cc1)NCCNC(=O)c1ccc(-c2ccccc2)cc1. The summed E-state index contributed by atoms with van der Waals surface area (Å²) in [4.78, 5) is 24.2. The van der Waals surface area contributed by atoms with Gasteiger partial charge >= 0.3 is 0 Å². The predicted octanol–water partition coefficient (Wildman–Crippen LogP) is 4.49. The number of halogens is 1. The fraction of sp³-hybridized carbons (Fsp3) is 0.167. The van der Waals surface area contributed by atoms with Gasteiger partial charge in [-0.25, -0.2) is 0 Å². The molecule has 0 aliphatic rings. The molecule has 3 rings (SSSR count). The second kappa shape index (κ2) is 10.4. The van der Waals surface area contributed by atoms with E-state index in [-0.39, 0.29) is 11.8 Å². The van der Waals surface area contributed by atoms with E-state index in [1.165, 1.54) is 0 Å². The molecule has 0 fully saturated rings. The topological polar surface area (TPSA) is 58.2 Å². The van der Waals surface area contributed by atoms with E-state index in [1.807, 2.05) is 78.9 Å². The molecule has 4 nitrogen and oxygen atoms in total. The van der Waals surface area contributed by atoms with Gasteiger partial charge in [-0.3, -0.25) is 9.59 Å². The van der Waals surface area contributed by atoms with Gasteiger partial charge in [-0.1, -0.05) is 66.2 Å². The minimum Gasteiger partial charge on any atom is -0.354 e. The largest absolute Gasteiger partial charge is 0.354 e. The fourth-order valence-electron chi connectivity index (χ4n) is 2.92. The van der Waals surface area contributed by atoms with Gasteiger partial charge in [0.25, 0.3) is 5.91 Å². The summed E-state index contributed by atoms with van der Waals surface area (Å²) < 4.78 is 0. The van der Waals surface area contributed by atoms with Crippen LogP contribution in [0.4, 0.5) is 0 Å². The van der Waals surface area contributed by atoms with Gasteiger partial charge in [-0.05, 0) is 47.4 Å². The minimum atomic E-state index is -0.153. The Bertz CT molecular complexity index is 939. The van der Waals surface area contributed by atoms with Gasteiger partial charge in [0.1, 0.15) is 0 Å². The van der Waals surface area contributed by atoms with Gasteiger partial charge in [0.2, 0.25) is 5.91 Å². The zero-order valence-electron chi connectivity index (χ0n) is 16.0. The third kappa shape index (κ3) is 6.47. The first-order valence-corrected chi connectivity index (χ1v) is 9.94. The van der Waals surface area contributed by atoms with Crippen LogP contribution in [0.5, 0.6) is 0 Å². The van der Waals surface area contributed by atoms with Gasteiger partial charge < -0.3 is 10.6 Å². The zero-order chi connectivity index (χ0) is 20.5. The van der Waals surface area contributed by atoms with Crippen molar-refractivity contribution < 1.29 is 9.59 Å². The highest BCUT2D eigenvalue weighted by molar-refractivity contribution is 6.30. The Morgan fingerprint density at radius 3 is 2.03 bits per heavy atom. The summed E-state index contributed by atoms with van der Waals surface area (Å²) in [6.07, 6.45) is 1.06. The number of nitrogens with one attached hydrogen (secondary N) is 2. The molecular weight excluding hydrogens is 384 g/mol. The molecule has 5 heteroatoms. The number of benzene rings is 3. The lowest BCUT2D eigenvalue weighted by Gasteiger charge is -2.08. The Labute approximate surface area is 175 Å². The fourth-order valence-corrected chi connectivity index (χ4v) is 3.05. The number of hydrogen-bond donors (Lipinski definition) is 2. The van der Waals surface area contributed by atoms with Gasteiger partial charge in [0, 0.05) is 30.1 Å². The highest BCUT2D eigenvalue weighted by Gasteiger charge is 2.06. The Balaban J connectivity index is 1.37. The van der Waals surface area contributed by atoms with Crippen LogP contribution in [0.2, 0.25) is 5.02 Å². The molecule has 148 valence electrons. The molecule has 0 aliphatic carbocycles. The maximum absolute atomic E-state index is 12.2. The molecule has 2 N–H and O–H groups in total. The second-order valence-corrected chi connectivity index (χ2v) is 7.11. The predicted molar refractivity (Wildman–Crippen MR) is 117 cm³/mol. The van der Waals surface area contributed by atoms with Crippen LogP contribution in [0, 0.1) is 0 Å². The van der Waals surface area contributed by atoms with E-state index in [0.717, 1.165) is 16.7 Å². The highest BCUT2D eigenvalue weighted by Crippen LogP contribution is 2.19. The van der Waals surface area contributed by atoms with Gasteiger partial charge in [-0.2, -0.15) is 0 Å². The number of amides is 2. The Morgan fingerprint density at radius 1 is 0.724 bits per heavy atom. The third-order valence-electron chi connectivity index (χ3n) is 4.54. The summed E-state index contributed by atoms with van der Waals surface area (Å²) in [5.41, 5.74) is 3.84. The molecule has 0 saturated carbocycles. The van der Waals surface area contributed by atoms with Gasteiger partial charge in [0.05, 0.1) is 0 Å². The summed E-state index contributed by atoms with van der Waals surface area (Å²) in [6, 6.07) is 25.0. The number of rotatable bonds is 8. The number of hydrogen-bond acceptors (Lipinski definition) is 2. The van der Waals surface area contributed by atoms with Gasteiger partial charge in [-0.15, -0.1) is 0 Å². The number of carbonyl (C=O) groups excluding carboxylic acids is 2. The summed E-state index contributed by atoms with van der Waals surface area (Å²) >= 11 is 5.85. The molecule has 0 saturated heterocycles. The number of aryl methyl sites for hydroxylation is 1. The summed E-state index contributed by atoms with van der Waals surface area (Å²) in [5.74, 6) is -0.193. The quantitative estimate of drug-likeness (QED) is 0.541. The Hall–Kier alpha value is -3.11. The first-order valence-electron chi connectivity index (χ1n) is 9.56. The molecule has 0 heterocycles. The van der Waals surface area contributed by atoms with Crippen LogP contribution in [0.1, 0.15) is 22.3 Å². The number of carbonyl (C=O) groups is 2. The van der Waals surface area contributed by atoms with Crippen molar-refractivity contribution in [1.82, 2.24) is 10.6 Å². The van der Waals surface area contributed by atoms with Crippen molar-refractivity contribution in [1.29, 1.82) is 0 Å². The average Bonchev–Trinajstić information content (AvgIpc) is 2.77. The molecule has 3 aromatic rings. The lowest BCUT2D eigenvalue weighted by Crippen LogP contribution is -2.34. The average molecular weight is 407 g/mol. The molecule has 29 heavy (non-hydrogen) atoms. The summed E-state index contributed by atoms with van der Waals surface area (Å²) in [5, 5.41) is 6.33. The van der Waals surface area contributed by atoms with Crippen molar-refractivity contribution >= 4 is 23.4 Å². The lowest BCUT2D eigenvalue weighted by atomic mass is 10.0. The van der Waals surface area contributed by atoms with Crippen LogP contribution in [0.3, 0.4) is 0 Å². The van der Waals surface area contributed by atoms with E-state index < -0.39 is 0 Å². The van der Waals surface area contributed by atoms with E-state index in [0.29, 0.717) is 36.5 Å². The highest BCUT2D eigenvalue weighted by atomic mass is 35.5. The summed E-state index contributed by atoms with van der Waals surface area (Å²) in [6.45, 7) is 0.777. The van der Waals surface area contributed by atoms with Crippen molar-refractivity contribution in [2.24, 2.45) is 0 Å². The molecule has 0 bridgehead atoms. The van der Waals surface area contributed by atoms with E-state index >= 15 is 0 Å². The maximum atomic E-state index is 12.2. The van der Waals surface area contributed by atoms with E-state index in [4.69, 9.17) is 11.6 Å². The monoisotopic (exact) mass is 406 g/mol. The van der Waals surface area contributed by atoms with Crippen LogP contribution >= 0.6 is 11.6 Å². The molecule has 0 spiro atoms. The zero-order valence-corrected chi connectivity index (χ0v) is 16.8.